The van der Waals surface area contributed by atoms with Gasteiger partial charge in [-0.15, -0.1) is 0 Å². The van der Waals surface area contributed by atoms with Crippen molar-refractivity contribution in [2.24, 2.45) is 0 Å². The highest BCUT2D eigenvalue weighted by molar-refractivity contribution is 6.04. The maximum atomic E-state index is 12.8. The number of anilines is 3. The molecular weight excluding hydrogens is 442 g/mol. The zero-order valence-electron chi connectivity index (χ0n) is 20.0. The van der Waals surface area contributed by atoms with E-state index < -0.39 is 0 Å². The van der Waals surface area contributed by atoms with Crippen LogP contribution in [-0.2, 0) is 4.79 Å². The highest BCUT2D eigenvalue weighted by atomic mass is 16.5. The largest absolute Gasteiger partial charge is 0.490 e. The summed E-state index contributed by atoms with van der Waals surface area (Å²) >= 11 is 0. The van der Waals surface area contributed by atoms with E-state index in [2.05, 4.69) is 10.6 Å². The van der Waals surface area contributed by atoms with E-state index >= 15 is 0 Å². The summed E-state index contributed by atoms with van der Waals surface area (Å²) in [6.45, 7) is 3.79. The minimum atomic E-state index is -0.259. The molecule has 1 aliphatic rings. The van der Waals surface area contributed by atoms with Crippen LogP contribution in [0.5, 0.6) is 11.5 Å². The fraction of sp³-hybridized carbons (Fsp3) is 0.286. The van der Waals surface area contributed by atoms with E-state index in [1.165, 1.54) is 0 Å². The van der Waals surface area contributed by atoms with Gasteiger partial charge in [-0.05, 0) is 80.8 Å². The van der Waals surface area contributed by atoms with Gasteiger partial charge in [0.25, 0.3) is 11.8 Å². The predicted octanol–water partition coefficient (Wildman–Crippen LogP) is 5.47. The fourth-order valence-corrected chi connectivity index (χ4v) is 3.94. The minimum absolute atomic E-state index is 0.0285. The maximum absolute atomic E-state index is 12.8. The first-order chi connectivity index (χ1) is 17.1. The molecular formula is C28H31N3O4. The highest BCUT2D eigenvalue weighted by Gasteiger charge is 2.18. The molecule has 3 aromatic rings. The Morgan fingerprint density at radius 1 is 0.800 bits per heavy atom. The summed E-state index contributed by atoms with van der Waals surface area (Å²) in [6.07, 6.45) is 3.23. The van der Waals surface area contributed by atoms with Gasteiger partial charge in [0.1, 0.15) is 0 Å². The number of carbonyl (C=O) groups excluding carboxylic acids is 2. The number of piperidine rings is 1. The van der Waals surface area contributed by atoms with E-state index in [0.717, 1.165) is 43.7 Å². The number of hydrogen-bond acceptors (Lipinski definition) is 5. The zero-order chi connectivity index (χ0) is 24.5. The average Bonchev–Trinajstić information content (AvgIpc) is 2.90. The smallest absolute Gasteiger partial charge is 0.260 e. The summed E-state index contributed by atoms with van der Waals surface area (Å²) in [7, 11) is 0. The summed E-state index contributed by atoms with van der Waals surface area (Å²) in [6, 6.07) is 22.4. The summed E-state index contributed by atoms with van der Waals surface area (Å²) in [5.41, 5.74) is 3.04. The Kier molecular flexibility index (Phi) is 8.22. The molecule has 0 aromatic heterocycles. The second kappa shape index (κ2) is 11.9. The molecule has 0 unspecified atom stereocenters. The molecule has 0 saturated carbocycles. The Balaban J connectivity index is 1.37. The van der Waals surface area contributed by atoms with Crippen LogP contribution < -0.4 is 20.1 Å². The van der Waals surface area contributed by atoms with E-state index in [-0.39, 0.29) is 18.4 Å². The molecule has 1 fully saturated rings. The lowest BCUT2D eigenvalue weighted by Gasteiger charge is -2.26. The quantitative estimate of drug-likeness (QED) is 0.431. The van der Waals surface area contributed by atoms with Gasteiger partial charge in [0.2, 0.25) is 0 Å². The van der Waals surface area contributed by atoms with Crippen molar-refractivity contribution in [3.05, 3.63) is 78.4 Å². The van der Waals surface area contributed by atoms with Gasteiger partial charge in [-0.2, -0.15) is 0 Å². The van der Waals surface area contributed by atoms with Crippen molar-refractivity contribution in [2.75, 3.05) is 36.9 Å². The first-order valence-electron chi connectivity index (χ1n) is 12.0. The van der Waals surface area contributed by atoms with E-state index in [1.54, 1.807) is 18.2 Å². The van der Waals surface area contributed by atoms with Crippen LogP contribution in [0.1, 0.15) is 36.5 Å². The first kappa shape index (κ1) is 24.1. The van der Waals surface area contributed by atoms with Crippen LogP contribution in [0.25, 0.3) is 0 Å². The third-order valence-electron chi connectivity index (χ3n) is 5.77. The van der Waals surface area contributed by atoms with Crippen LogP contribution >= 0.6 is 0 Å². The van der Waals surface area contributed by atoms with Crippen molar-refractivity contribution in [2.45, 2.75) is 26.2 Å². The molecule has 0 aliphatic carbocycles. The Labute approximate surface area is 206 Å². The number of benzene rings is 3. The van der Waals surface area contributed by atoms with Gasteiger partial charge >= 0.3 is 0 Å². The number of nitrogens with one attached hydrogen (secondary N) is 2. The Bertz CT molecular complexity index is 1130. The van der Waals surface area contributed by atoms with Crippen molar-refractivity contribution >= 4 is 28.9 Å². The third kappa shape index (κ3) is 6.76. The number of carbonyl (C=O) groups is 2. The number of likely N-dealkylation sites (tertiary alicyclic amines) is 1. The second-order valence-corrected chi connectivity index (χ2v) is 8.35. The minimum Gasteiger partial charge on any atom is -0.490 e. The highest BCUT2D eigenvalue weighted by Crippen LogP contribution is 2.29. The van der Waals surface area contributed by atoms with Crippen LogP contribution in [0, 0.1) is 0 Å². The van der Waals surface area contributed by atoms with Crippen molar-refractivity contribution in [1.29, 1.82) is 0 Å². The average molecular weight is 474 g/mol. The van der Waals surface area contributed by atoms with Crippen LogP contribution in [0.3, 0.4) is 0 Å². The Morgan fingerprint density at radius 2 is 1.49 bits per heavy atom. The zero-order valence-corrected chi connectivity index (χ0v) is 20.0. The van der Waals surface area contributed by atoms with Gasteiger partial charge in [-0.25, -0.2) is 0 Å². The SMILES string of the molecule is CCOc1cc(C(=O)Nc2ccc(Nc3ccccc3)cc2)ccc1OCC(=O)N1CCCCC1. The van der Waals surface area contributed by atoms with Gasteiger partial charge in [-0.1, -0.05) is 18.2 Å². The molecule has 0 spiro atoms. The Morgan fingerprint density at radius 3 is 2.20 bits per heavy atom. The molecule has 2 N–H and O–H groups in total. The number of amides is 2. The standard InChI is InChI=1S/C28H31N3O4/c1-2-34-26-19-21(11-16-25(26)35-20-27(32)31-17-7-4-8-18-31)28(33)30-24-14-12-23(13-15-24)29-22-9-5-3-6-10-22/h3,5-6,9-16,19,29H,2,4,7-8,17-18,20H2,1H3,(H,30,33). The summed E-state index contributed by atoms with van der Waals surface area (Å²) < 4.78 is 11.5. The van der Waals surface area contributed by atoms with E-state index in [1.807, 2.05) is 66.4 Å². The number of nitrogens with zero attached hydrogens (tertiary/aromatic N) is 1. The molecule has 35 heavy (non-hydrogen) atoms. The molecule has 2 amide bonds. The van der Waals surface area contributed by atoms with Crippen molar-refractivity contribution in [3.63, 3.8) is 0 Å². The monoisotopic (exact) mass is 473 g/mol. The van der Waals surface area contributed by atoms with Crippen molar-refractivity contribution < 1.29 is 19.1 Å². The van der Waals surface area contributed by atoms with Crippen LogP contribution in [0.4, 0.5) is 17.1 Å². The van der Waals surface area contributed by atoms with Crippen molar-refractivity contribution in [3.8, 4) is 11.5 Å². The molecule has 4 rings (SSSR count). The topological polar surface area (TPSA) is 79.9 Å². The molecule has 7 nitrogen and oxygen atoms in total. The van der Waals surface area contributed by atoms with Gasteiger partial charge in [0.15, 0.2) is 18.1 Å². The summed E-state index contributed by atoms with van der Waals surface area (Å²) in [5, 5.41) is 6.22. The molecule has 182 valence electrons. The summed E-state index contributed by atoms with van der Waals surface area (Å²) in [4.78, 5) is 27.1. The molecule has 3 aromatic carbocycles. The lowest BCUT2D eigenvalue weighted by molar-refractivity contribution is -0.134. The second-order valence-electron chi connectivity index (χ2n) is 8.35. The van der Waals surface area contributed by atoms with Gasteiger partial charge in [-0.3, -0.25) is 9.59 Å². The molecule has 0 atom stereocenters. The predicted molar refractivity (Wildman–Crippen MR) is 138 cm³/mol. The normalized spacial score (nSPS) is 13.1. The number of hydrogen-bond donors (Lipinski definition) is 2. The molecule has 7 heteroatoms. The number of rotatable bonds is 9. The lowest BCUT2D eigenvalue weighted by Crippen LogP contribution is -2.38. The molecule has 0 radical (unpaired) electrons. The first-order valence-corrected chi connectivity index (χ1v) is 12.0. The Hall–Kier alpha value is -4.00. The van der Waals surface area contributed by atoms with Crippen LogP contribution in [0.15, 0.2) is 72.8 Å². The van der Waals surface area contributed by atoms with Crippen LogP contribution in [0.2, 0.25) is 0 Å². The summed E-state index contributed by atoms with van der Waals surface area (Å²) in [5.74, 6) is 0.601. The fourth-order valence-electron chi connectivity index (χ4n) is 3.94. The lowest BCUT2D eigenvalue weighted by atomic mass is 10.1. The van der Waals surface area contributed by atoms with Gasteiger partial charge in [0, 0.05) is 35.7 Å². The van der Waals surface area contributed by atoms with E-state index in [4.69, 9.17) is 9.47 Å². The third-order valence-corrected chi connectivity index (χ3v) is 5.77. The van der Waals surface area contributed by atoms with Crippen molar-refractivity contribution in [1.82, 2.24) is 4.90 Å². The molecule has 1 heterocycles. The van der Waals surface area contributed by atoms with Gasteiger partial charge < -0.3 is 25.0 Å². The number of ether oxygens (including phenoxy) is 2. The van der Waals surface area contributed by atoms with E-state index in [9.17, 15) is 9.59 Å². The molecule has 0 bridgehead atoms. The molecule has 1 aliphatic heterocycles. The maximum Gasteiger partial charge on any atom is 0.260 e. The molecule has 1 saturated heterocycles. The van der Waals surface area contributed by atoms with Crippen LogP contribution in [-0.4, -0.2) is 43.0 Å². The van der Waals surface area contributed by atoms with E-state index in [0.29, 0.717) is 29.4 Å². The number of para-hydroxylation sites is 1. The van der Waals surface area contributed by atoms with Gasteiger partial charge in [0.05, 0.1) is 6.61 Å².